The van der Waals surface area contributed by atoms with Gasteiger partial charge in [-0.15, -0.1) is 5.10 Å². The van der Waals surface area contributed by atoms with Crippen molar-refractivity contribution in [3.05, 3.63) is 39.4 Å². The molecule has 0 fully saturated rings. The number of benzene rings is 1. The van der Waals surface area contributed by atoms with Crippen LogP contribution in [0.15, 0.2) is 18.2 Å². The maximum atomic E-state index is 12.1. The SMILES string of the molecule is CCc1nnsc1C(=O)Nc1cc(Cl)ccc1C(=O)O. The molecule has 0 unspecified atom stereocenters. The molecule has 1 heterocycles. The Labute approximate surface area is 123 Å². The van der Waals surface area contributed by atoms with Gasteiger partial charge >= 0.3 is 5.97 Å². The second-order valence-corrected chi connectivity index (χ2v) is 5.04. The van der Waals surface area contributed by atoms with Crippen molar-refractivity contribution in [1.29, 1.82) is 0 Å². The molecule has 2 aromatic rings. The molecule has 0 saturated carbocycles. The van der Waals surface area contributed by atoms with Gasteiger partial charge < -0.3 is 10.4 Å². The molecule has 2 N–H and O–H groups in total. The van der Waals surface area contributed by atoms with Crippen molar-refractivity contribution in [3.8, 4) is 0 Å². The summed E-state index contributed by atoms with van der Waals surface area (Å²) in [5, 5.41) is 15.8. The van der Waals surface area contributed by atoms with Gasteiger partial charge in [0.15, 0.2) is 0 Å². The molecule has 0 bridgehead atoms. The summed E-state index contributed by atoms with van der Waals surface area (Å²) < 4.78 is 3.72. The molecule has 6 nitrogen and oxygen atoms in total. The van der Waals surface area contributed by atoms with Crippen LogP contribution in [0.1, 0.15) is 32.6 Å². The summed E-state index contributed by atoms with van der Waals surface area (Å²) in [6.07, 6.45) is 0.570. The number of nitrogens with one attached hydrogen (secondary N) is 1. The van der Waals surface area contributed by atoms with E-state index in [0.717, 1.165) is 11.5 Å². The first-order valence-corrected chi connectivity index (χ1v) is 6.83. The Kier molecular flexibility index (Phi) is 4.31. The van der Waals surface area contributed by atoms with Crippen molar-refractivity contribution in [2.24, 2.45) is 0 Å². The lowest BCUT2D eigenvalue weighted by Gasteiger charge is -2.08. The summed E-state index contributed by atoms with van der Waals surface area (Å²) in [7, 11) is 0. The van der Waals surface area contributed by atoms with E-state index in [9.17, 15) is 9.59 Å². The van der Waals surface area contributed by atoms with Gasteiger partial charge in [0.1, 0.15) is 4.88 Å². The van der Waals surface area contributed by atoms with Gasteiger partial charge in [-0.2, -0.15) is 0 Å². The molecule has 104 valence electrons. The first-order valence-electron chi connectivity index (χ1n) is 5.68. The number of aryl methyl sites for hydroxylation is 1. The third-order valence-corrected chi connectivity index (χ3v) is 3.56. The first-order chi connectivity index (χ1) is 9.52. The molecule has 8 heteroatoms. The van der Waals surface area contributed by atoms with Crippen LogP contribution in [0.3, 0.4) is 0 Å². The molecular weight excluding hydrogens is 302 g/mol. The normalized spacial score (nSPS) is 10.3. The second-order valence-electron chi connectivity index (χ2n) is 3.85. The van der Waals surface area contributed by atoms with Crippen LogP contribution in [0.25, 0.3) is 0 Å². The van der Waals surface area contributed by atoms with E-state index in [4.69, 9.17) is 16.7 Å². The van der Waals surface area contributed by atoms with Gasteiger partial charge in [0.05, 0.1) is 16.9 Å². The van der Waals surface area contributed by atoms with Crippen molar-refractivity contribution >= 4 is 40.7 Å². The number of aromatic nitrogens is 2. The largest absolute Gasteiger partial charge is 0.478 e. The van der Waals surface area contributed by atoms with Crippen molar-refractivity contribution < 1.29 is 14.7 Å². The Bertz CT molecular complexity index is 672. The number of halogens is 1. The van der Waals surface area contributed by atoms with Crippen LogP contribution in [0.4, 0.5) is 5.69 Å². The summed E-state index contributed by atoms with van der Waals surface area (Å²) >= 11 is 6.79. The van der Waals surface area contributed by atoms with Crippen molar-refractivity contribution in [2.75, 3.05) is 5.32 Å². The van der Waals surface area contributed by atoms with Gasteiger partial charge in [-0.3, -0.25) is 4.79 Å². The van der Waals surface area contributed by atoms with E-state index in [0.29, 0.717) is 22.0 Å². The average Bonchev–Trinajstić information content (AvgIpc) is 2.86. The monoisotopic (exact) mass is 311 g/mol. The Morgan fingerprint density at radius 1 is 1.45 bits per heavy atom. The number of rotatable bonds is 4. The van der Waals surface area contributed by atoms with Crippen molar-refractivity contribution in [2.45, 2.75) is 13.3 Å². The maximum Gasteiger partial charge on any atom is 0.337 e. The lowest BCUT2D eigenvalue weighted by Crippen LogP contribution is -2.15. The van der Waals surface area contributed by atoms with Gasteiger partial charge in [0.25, 0.3) is 5.91 Å². The van der Waals surface area contributed by atoms with Crippen LogP contribution >= 0.6 is 23.1 Å². The number of anilines is 1. The minimum Gasteiger partial charge on any atom is -0.478 e. The minimum absolute atomic E-state index is 0.0294. The highest BCUT2D eigenvalue weighted by atomic mass is 35.5. The van der Waals surface area contributed by atoms with Gasteiger partial charge in [-0.1, -0.05) is 23.0 Å². The molecule has 0 saturated heterocycles. The fraction of sp³-hybridized carbons (Fsp3) is 0.167. The van der Waals surface area contributed by atoms with Crippen LogP contribution in [0.5, 0.6) is 0 Å². The topological polar surface area (TPSA) is 92.2 Å². The van der Waals surface area contributed by atoms with Crippen LogP contribution in [-0.4, -0.2) is 26.6 Å². The van der Waals surface area contributed by atoms with Crippen molar-refractivity contribution in [3.63, 3.8) is 0 Å². The summed E-state index contributed by atoms with van der Waals surface area (Å²) in [5.74, 6) is -1.59. The van der Waals surface area contributed by atoms with Crippen LogP contribution < -0.4 is 5.32 Å². The number of amides is 1. The highest BCUT2D eigenvalue weighted by Crippen LogP contribution is 2.23. The molecular formula is C12H10ClN3O3S. The zero-order valence-corrected chi connectivity index (χ0v) is 12.0. The number of hydrogen-bond donors (Lipinski definition) is 2. The van der Waals surface area contributed by atoms with Gasteiger partial charge in [0.2, 0.25) is 0 Å². The fourth-order valence-corrected chi connectivity index (χ4v) is 2.42. The van der Waals surface area contributed by atoms with E-state index in [-0.39, 0.29) is 11.3 Å². The molecule has 0 aliphatic carbocycles. The number of carbonyl (C=O) groups excluding carboxylic acids is 1. The van der Waals surface area contributed by atoms with Gasteiger partial charge in [-0.05, 0) is 36.2 Å². The number of carbonyl (C=O) groups is 2. The molecule has 0 aliphatic rings. The number of carboxylic acid groups (broad SMARTS) is 1. The number of aromatic carboxylic acids is 1. The number of carboxylic acids is 1. The second kappa shape index (κ2) is 5.98. The highest BCUT2D eigenvalue weighted by Gasteiger charge is 2.18. The molecule has 1 aromatic heterocycles. The van der Waals surface area contributed by atoms with Crippen LogP contribution in [0, 0.1) is 0 Å². The fourth-order valence-electron chi connectivity index (χ4n) is 1.60. The minimum atomic E-state index is -1.14. The Hall–Kier alpha value is -1.99. The first kappa shape index (κ1) is 14.4. The van der Waals surface area contributed by atoms with E-state index < -0.39 is 11.9 Å². The van der Waals surface area contributed by atoms with E-state index >= 15 is 0 Å². The molecule has 20 heavy (non-hydrogen) atoms. The third-order valence-electron chi connectivity index (χ3n) is 2.56. The molecule has 0 atom stereocenters. The summed E-state index contributed by atoms with van der Waals surface area (Å²) in [6, 6.07) is 4.18. The quantitative estimate of drug-likeness (QED) is 0.905. The summed E-state index contributed by atoms with van der Waals surface area (Å²) in [6.45, 7) is 1.86. The summed E-state index contributed by atoms with van der Waals surface area (Å²) in [5.41, 5.74) is 0.690. The molecule has 2 rings (SSSR count). The third kappa shape index (κ3) is 2.94. The maximum absolute atomic E-state index is 12.1. The smallest absolute Gasteiger partial charge is 0.337 e. The predicted molar refractivity (Wildman–Crippen MR) is 75.7 cm³/mol. The number of hydrogen-bond acceptors (Lipinski definition) is 5. The Balaban J connectivity index is 2.32. The van der Waals surface area contributed by atoms with E-state index in [1.54, 1.807) is 0 Å². The average molecular weight is 312 g/mol. The molecule has 0 radical (unpaired) electrons. The lowest BCUT2D eigenvalue weighted by atomic mass is 10.1. The zero-order chi connectivity index (χ0) is 14.7. The van der Waals surface area contributed by atoms with E-state index in [1.165, 1.54) is 18.2 Å². The molecule has 1 amide bonds. The van der Waals surface area contributed by atoms with Gasteiger partial charge in [0, 0.05) is 5.02 Å². The zero-order valence-electron chi connectivity index (χ0n) is 10.4. The van der Waals surface area contributed by atoms with Crippen molar-refractivity contribution in [1.82, 2.24) is 9.59 Å². The van der Waals surface area contributed by atoms with Crippen LogP contribution in [0.2, 0.25) is 5.02 Å². The highest BCUT2D eigenvalue weighted by molar-refractivity contribution is 7.08. The van der Waals surface area contributed by atoms with E-state index in [2.05, 4.69) is 14.9 Å². The Morgan fingerprint density at radius 2 is 2.20 bits per heavy atom. The van der Waals surface area contributed by atoms with E-state index in [1.807, 2.05) is 6.92 Å². The molecule has 0 aliphatic heterocycles. The van der Waals surface area contributed by atoms with Gasteiger partial charge in [-0.25, -0.2) is 4.79 Å². The Morgan fingerprint density at radius 3 is 2.85 bits per heavy atom. The number of nitrogens with zero attached hydrogens (tertiary/aromatic N) is 2. The standard InChI is InChI=1S/C12H10ClN3O3S/c1-2-8-10(20-16-15-8)11(17)14-9-5-6(13)3-4-7(9)12(18)19/h3-5H,2H2,1H3,(H,14,17)(H,18,19). The molecule has 1 aromatic carbocycles. The predicted octanol–water partition coefficient (Wildman–Crippen LogP) is 2.70. The lowest BCUT2D eigenvalue weighted by molar-refractivity contribution is 0.0698. The summed E-state index contributed by atoms with van der Waals surface area (Å²) in [4.78, 5) is 23.6. The molecule has 0 spiro atoms. The van der Waals surface area contributed by atoms with Crippen LogP contribution in [-0.2, 0) is 6.42 Å².